The number of rotatable bonds is 10. The van der Waals surface area contributed by atoms with Crippen molar-refractivity contribution in [1.82, 2.24) is 15.5 Å². The molecule has 7 nitrogen and oxygen atoms in total. The molecule has 1 aliphatic heterocycles. The van der Waals surface area contributed by atoms with Crippen LogP contribution in [0, 0.1) is 5.92 Å². The molecule has 1 aromatic carbocycles. The van der Waals surface area contributed by atoms with Crippen molar-refractivity contribution in [1.29, 1.82) is 0 Å². The third-order valence-corrected chi connectivity index (χ3v) is 5.59. The predicted molar refractivity (Wildman–Crippen MR) is 124 cm³/mol. The van der Waals surface area contributed by atoms with Gasteiger partial charge in [0.25, 0.3) is 0 Å². The topological polar surface area (TPSA) is 71.3 Å². The summed E-state index contributed by atoms with van der Waals surface area (Å²) in [7, 11) is 1.68. The summed E-state index contributed by atoms with van der Waals surface area (Å²) in [5.74, 6) is 3.18. The fourth-order valence-corrected chi connectivity index (χ4v) is 3.73. The minimum absolute atomic E-state index is 0.432. The van der Waals surface area contributed by atoms with Crippen LogP contribution in [0.5, 0.6) is 5.75 Å². The molecule has 1 aromatic heterocycles. The van der Waals surface area contributed by atoms with Crippen LogP contribution in [0.25, 0.3) is 0 Å². The molecule has 1 aliphatic rings. The van der Waals surface area contributed by atoms with Gasteiger partial charge in [0.05, 0.1) is 33.1 Å². The normalized spacial score (nSPS) is 16.3. The van der Waals surface area contributed by atoms with E-state index in [1.807, 2.05) is 36.4 Å². The van der Waals surface area contributed by atoms with Gasteiger partial charge >= 0.3 is 0 Å². The Hall–Kier alpha value is -2.51. The molecule has 31 heavy (non-hydrogen) atoms. The van der Waals surface area contributed by atoms with Gasteiger partial charge in [-0.25, -0.2) is 4.99 Å². The van der Waals surface area contributed by atoms with Gasteiger partial charge < -0.3 is 24.5 Å². The van der Waals surface area contributed by atoms with Crippen LogP contribution in [-0.2, 0) is 17.7 Å². The summed E-state index contributed by atoms with van der Waals surface area (Å²) in [5.41, 5.74) is 1.14. The maximum Gasteiger partial charge on any atom is 0.191 e. The molecule has 2 aromatic rings. The first-order valence-electron chi connectivity index (χ1n) is 11.1. The van der Waals surface area contributed by atoms with Crippen LogP contribution < -0.4 is 15.4 Å². The molecule has 0 amide bonds. The summed E-state index contributed by atoms with van der Waals surface area (Å²) in [4.78, 5) is 7.34. The zero-order valence-corrected chi connectivity index (χ0v) is 19.0. The van der Waals surface area contributed by atoms with Crippen LogP contribution in [0.2, 0.25) is 0 Å². The van der Waals surface area contributed by atoms with Gasteiger partial charge in [-0.15, -0.1) is 0 Å². The molecule has 1 saturated heterocycles. The second-order valence-corrected chi connectivity index (χ2v) is 8.11. The molecule has 0 aliphatic carbocycles. The Morgan fingerprint density at radius 1 is 1.13 bits per heavy atom. The number of morpholine rings is 1. The third kappa shape index (κ3) is 7.60. The van der Waals surface area contributed by atoms with E-state index in [1.54, 1.807) is 13.4 Å². The number of nitrogens with one attached hydrogen (secondary N) is 2. The van der Waals surface area contributed by atoms with E-state index in [9.17, 15) is 0 Å². The quantitative estimate of drug-likeness (QED) is 0.448. The number of hydrogen-bond acceptors (Lipinski definition) is 5. The fraction of sp³-hybridized carbons (Fsp3) is 0.542. The van der Waals surface area contributed by atoms with Crippen LogP contribution in [0.3, 0.4) is 0 Å². The molecular formula is C24H36N4O3. The van der Waals surface area contributed by atoms with Crippen LogP contribution in [0.4, 0.5) is 0 Å². The van der Waals surface area contributed by atoms with E-state index in [2.05, 4.69) is 29.4 Å². The van der Waals surface area contributed by atoms with E-state index in [4.69, 9.17) is 18.9 Å². The number of hydrogen-bond donors (Lipinski definition) is 2. The minimum atomic E-state index is 0.432. The van der Waals surface area contributed by atoms with Crippen molar-refractivity contribution in [2.45, 2.75) is 32.9 Å². The number of aliphatic imine (C=N–C) groups is 1. The van der Waals surface area contributed by atoms with E-state index in [0.717, 1.165) is 68.8 Å². The molecule has 7 heteroatoms. The predicted octanol–water partition coefficient (Wildman–Crippen LogP) is 2.92. The number of guanidine groups is 1. The number of ether oxygens (including phenoxy) is 2. The van der Waals surface area contributed by atoms with E-state index in [-0.39, 0.29) is 0 Å². The van der Waals surface area contributed by atoms with Gasteiger partial charge in [-0.2, -0.15) is 0 Å². The van der Waals surface area contributed by atoms with Crippen molar-refractivity contribution in [3.8, 4) is 5.75 Å². The summed E-state index contributed by atoms with van der Waals surface area (Å²) >= 11 is 0. The Balaban J connectivity index is 1.61. The van der Waals surface area contributed by atoms with Gasteiger partial charge in [-0.05, 0) is 35.7 Å². The Morgan fingerprint density at radius 2 is 1.90 bits per heavy atom. The molecule has 170 valence electrons. The minimum Gasteiger partial charge on any atom is -0.497 e. The summed E-state index contributed by atoms with van der Waals surface area (Å²) in [5, 5.41) is 7.03. The highest BCUT2D eigenvalue weighted by Gasteiger charge is 2.23. The lowest BCUT2D eigenvalue weighted by atomic mass is 10.0. The van der Waals surface area contributed by atoms with Crippen molar-refractivity contribution < 1.29 is 13.9 Å². The van der Waals surface area contributed by atoms with Crippen molar-refractivity contribution in [3.05, 3.63) is 54.0 Å². The molecule has 0 bridgehead atoms. The standard InChI is InChI=1S/C24H36N4O3/c1-19(2)23(28-12-15-30-16-13-28)18-27-24(25-11-10-22-5-4-14-31-22)26-17-20-6-8-21(29-3)9-7-20/h4-9,14,19,23H,10-13,15-18H2,1-3H3,(H2,25,26,27). The first kappa shape index (κ1) is 23.2. The Bertz CT molecular complexity index is 769. The lowest BCUT2D eigenvalue weighted by Gasteiger charge is -2.37. The highest BCUT2D eigenvalue weighted by molar-refractivity contribution is 5.79. The lowest BCUT2D eigenvalue weighted by molar-refractivity contribution is 0.00752. The summed E-state index contributed by atoms with van der Waals surface area (Å²) in [6.07, 6.45) is 2.52. The second kappa shape index (κ2) is 12.4. The average molecular weight is 429 g/mol. The van der Waals surface area contributed by atoms with Crippen LogP contribution in [0.1, 0.15) is 25.2 Å². The molecular weight excluding hydrogens is 392 g/mol. The van der Waals surface area contributed by atoms with Gasteiger partial charge in [0.1, 0.15) is 11.5 Å². The van der Waals surface area contributed by atoms with Gasteiger partial charge in [0.2, 0.25) is 0 Å². The maximum atomic E-state index is 5.53. The van der Waals surface area contributed by atoms with Crippen molar-refractivity contribution in [2.75, 3.05) is 46.5 Å². The molecule has 2 heterocycles. The Kier molecular flexibility index (Phi) is 9.24. The van der Waals surface area contributed by atoms with Crippen LogP contribution in [0.15, 0.2) is 52.1 Å². The van der Waals surface area contributed by atoms with Crippen molar-refractivity contribution in [2.24, 2.45) is 10.9 Å². The highest BCUT2D eigenvalue weighted by Crippen LogP contribution is 2.13. The van der Waals surface area contributed by atoms with Crippen molar-refractivity contribution in [3.63, 3.8) is 0 Å². The number of nitrogens with zero attached hydrogens (tertiary/aromatic N) is 2. The number of furan rings is 1. The monoisotopic (exact) mass is 428 g/mol. The zero-order valence-electron chi connectivity index (χ0n) is 19.0. The van der Waals surface area contributed by atoms with Gasteiger partial charge in [0.15, 0.2) is 5.96 Å². The highest BCUT2D eigenvalue weighted by atomic mass is 16.5. The van der Waals surface area contributed by atoms with E-state index >= 15 is 0 Å². The second-order valence-electron chi connectivity index (χ2n) is 8.11. The van der Waals surface area contributed by atoms with Crippen LogP contribution in [-0.4, -0.2) is 63.4 Å². The van der Waals surface area contributed by atoms with E-state index in [1.165, 1.54) is 0 Å². The van der Waals surface area contributed by atoms with E-state index < -0.39 is 0 Å². The Morgan fingerprint density at radius 3 is 2.55 bits per heavy atom. The largest absolute Gasteiger partial charge is 0.497 e. The maximum absolute atomic E-state index is 5.53. The van der Waals surface area contributed by atoms with Crippen LogP contribution >= 0.6 is 0 Å². The molecule has 3 rings (SSSR count). The Labute approximate surface area is 185 Å². The summed E-state index contributed by atoms with van der Waals surface area (Å²) < 4.78 is 16.2. The SMILES string of the molecule is COc1ccc(CN=C(NCCc2ccco2)NCC(C(C)C)N2CCOCC2)cc1. The third-order valence-electron chi connectivity index (χ3n) is 5.59. The molecule has 0 spiro atoms. The van der Waals surface area contributed by atoms with Gasteiger partial charge in [-0.3, -0.25) is 4.90 Å². The molecule has 1 atom stereocenters. The molecule has 1 fully saturated rings. The molecule has 0 radical (unpaired) electrons. The molecule has 2 N–H and O–H groups in total. The summed E-state index contributed by atoms with van der Waals surface area (Å²) in [6, 6.07) is 12.4. The smallest absolute Gasteiger partial charge is 0.191 e. The fourth-order valence-electron chi connectivity index (χ4n) is 3.73. The molecule has 1 unspecified atom stereocenters. The number of methoxy groups -OCH3 is 1. The van der Waals surface area contributed by atoms with Gasteiger partial charge in [-0.1, -0.05) is 26.0 Å². The zero-order chi connectivity index (χ0) is 21.9. The average Bonchev–Trinajstić information content (AvgIpc) is 3.31. The first-order chi connectivity index (χ1) is 15.2. The molecule has 0 saturated carbocycles. The first-order valence-corrected chi connectivity index (χ1v) is 11.1. The number of benzene rings is 1. The van der Waals surface area contributed by atoms with Gasteiger partial charge in [0, 0.05) is 38.6 Å². The summed E-state index contributed by atoms with van der Waals surface area (Å²) in [6.45, 7) is 10.3. The van der Waals surface area contributed by atoms with E-state index in [0.29, 0.717) is 18.5 Å². The lowest BCUT2D eigenvalue weighted by Crippen LogP contribution is -2.52. The van der Waals surface area contributed by atoms with Crippen molar-refractivity contribution >= 4 is 5.96 Å².